The molecule has 2 heteroatoms. The highest BCUT2D eigenvalue weighted by Gasteiger charge is 2.21. The molecule has 2 aromatic heterocycles. The van der Waals surface area contributed by atoms with E-state index in [4.69, 9.17) is 0 Å². The van der Waals surface area contributed by atoms with Crippen molar-refractivity contribution in [3.8, 4) is 55.9 Å². The number of rotatable bonds is 6. The van der Waals surface area contributed by atoms with E-state index in [1.807, 2.05) is 0 Å². The highest BCUT2D eigenvalue weighted by atomic mass is 15.0. The van der Waals surface area contributed by atoms with Crippen molar-refractivity contribution in [2.45, 2.75) is 27.7 Å². The lowest BCUT2D eigenvalue weighted by molar-refractivity contribution is 1.18. The molecule has 68 heavy (non-hydrogen) atoms. The van der Waals surface area contributed by atoms with Crippen LogP contribution in [0.2, 0.25) is 0 Å². The summed E-state index contributed by atoms with van der Waals surface area (Å²) in [5.74, 6) is 0. The van der Waals surface area contributed by atoms with Gasteiger partial charge in [0, 0.05) is 32.9 Å². The van der Waals surface area contributed by atoms with Crippen molar-refractivity contribution in [2.24, 2.45) is 0 Å². The molecule has 0 N–H and O–H groups in total. The average Bonchev–Trinajstić information content (AvgIpc) is 3.90. The Morgan fingerprint density at radius 2 is 0.515 bits per heavy atom. The van der Waals surface area contributed by atoms with Crippen LogP contribution < -0.4 is 0 Å². The van der Waals surface area contributed by atoms with E-state index < -0.39 is 0 Å². The standard InChI is InChI=1S/C66H48N2/c1-41-35-57-58(36-42(41)2)66(48-29-25-46(26-30-48)50-32-34-64-56(40-50)54-20-12-14-22-62(54)68(64)52-17-9-6-10-18-52)60-38-44(4)43(3)37-59(60)65(57)47-27-23-45(24-28-47)49-31-33-63-55(39-49)53-19-11-13-21-61(53)67(63)51-15-7-5-8-16-51/h5-40H,1-4H3. The van der Waals surface area contributed by atoms with Crippen molar-refractivity contribution in [3.63, 3.8) is 0 Å². The van der Waals surface area contributed by atoms with Gasteiger partial charge in [-0.2, -0.15) is 0 Å². The first-order chi connectivity index (χ1) is 33.4. The number of nitrogens with zero attached hydrogens (tertiary/aromatic N) is 2. The summed E-state index contributed by atoms with van der Waals surface area (Å²) >= 11 is 0. The van der Waals surface area contributed by atoms with Gasteiger partial charge in [0.15, 0.2) is 0 Å². The highest BCUT2D eigenvalue weighted by Crippen LogP contribution is 2.46. The number of aryl methyl sites for hydroxylation is 4. The van der Waals surface area contributed by atoms with Crippen molar-refractivity contribution >= 4 is 65.2 Å². The van der Waals surface area contributed by atoms with Gasteiger partial charge in [-0.3, -0.25) is 0 Å². The summed E-state index contributed by atoms with van der Waals surface area (Å²) < 4.78 is 4.76. The van der Waals surface area contributed by atoms with Crippen molar-refractivity contribution in [3.05, 3.63) is 241 Å². The molecule has 0 fully saturated rings. The molecular weight excluding hydrogens is 821 g/mol. The summed E-state index contributed by atoms with van der Waals surface area (Å²) in [6, 6.07) is 81.1. The average molecular weight is 869 g/mol. The molecule has 0 aliphatic rings. The van der Waals surface area contributed by atoms with Crippen LogP contribution in [0.5, 0.6) is 0 Å². The fraction of sp³-hybridized carbons (Fsp3) is 0.0606. The Kier molecular flexibility index (Phi) is 9.13. The fourth-order valence-electron chi connectivity index (χ4n) is 11.0. The molecule has 0 bridgehead atoms. The maximum Gasteiger partial charge on any atom is 0.0541 e. The molecule has 0 saturated heterocycles. The summed E-state index contributed by atoms with van der Waals surface area (Å²) in [5, 5.41) is 10.2. The van der Waals surface area contributed by atoms with E-state index in [0.717, 1.165) is 0 Å². The van der Waals surface area contributed by atoms with E-state index in [1.165, 1.54) is 143 Å². The molecule has 0 spiro atoms. The Hall–Kier alpha value is -8.46. The minimum Gasteiger partial charge on any atom is -0.309 e. The predicted molar refractivity (Wildman–Crippen MR) is 291 cm³/mol. The van der Waals surface area contributed by atoms with Crippen LogP contribution in [0.3, 0.4) is 0 Å². The summed E-state index contributed by atoms with van der Waals surface area (Å²) in [6.07, 6.45) is 0. The van der Waals surface area contributed by atoms with E-state index in [-0.39, 0.29) is 0 Å². The summed E-state index contributed by atoms with van der Waals surface area (Å²) in [6.45, 7) is 9.00. The smallest absolute Gasteiger partial charge is 0.0541 e. The van der Waals surface area contributed by atoms with Gasteiger partial charge in [0.05, 0.1) is 22.1 Å². The summed E-state index contributed by atoms with van der Waals surface area (Å²) in [7, 11) is 0. The number of aromatic nitrogens is 2. The van der Waals surface area contributed by atoms with Crippen LogP contribution in [0, 0.1) is 27.7 Å². The molecule has 13 rings (SSSR count). The second-order valence-electron chi connectivity index (χ2n) is 18.7. The first-order valence-electron chi connectivity index (χ1n) is 23.7. The molecule has 2 nitrogen and oxygen atoms in total. The minimum atomic E-state index is 1.17. The van der Waals surface area contributed by atoms with Crippen molar-refractivity contribution < 1.29 is 0 Å². The predicted octanol–water partition coefficient (Wildman–Crippen LogP) is 18.1. The van der Waals surface area contributed by atoms with E-state index >= 15 is 0 Å². The lowest BCUT2D eigenvalue weighted by atomic mass is 9.83. The molecule has 0 aliphatic carbocycles. The Bertz CT molecular complexity index is 3790. The van der Waals surface area contributed by atoms with Gasteiger partial charge in [-0.15, -0.1) is 0 Å². The van der Waals surface area contributed by atoms with Gasteiger partial charge in [0.25, 0.3) is 0 Å². The van der Waals surface area contributed by atoms with E-state index in [9.17, 15) is 0 Å². The van der Waals surface area contributed by atoms with Crippen LogP contribution in [-0.2, 0) is 0 Å². The second-order valence-corrected chi connectivity index (χ2v) is 18.7. The maximum atomic E-state index is 2.43. The van der Waals surface area contributed by atoms with Gasteiger partial charge in [-0.1, -0.05) is 158 Å². The van der Waals surface area contributed by atoms with Crippen LogP contribution in [-0.4, -0.2) is 9.13 Å². The maximum absolute atomic E-state index is 2.43. The molecule has 322 valence electrons. The van der Waals surface area contributed by atoms with Gasteiger partial charge in [0.1, 0.15) is 0 Å². The third-order valence-corrected chi connectivity index (χ3v) is 14.7. The van der Waals surface area contributed by atoms with Crippen LogP contribution >= 0.6 is 0 Å². The minimum absolute atomic E-state index is 1.17. The molecule has 0 saturated carbocycles. The zero-order valence-electron chi connectivity index (χ0n) is 38.7. The molecule has 2 heterocycles. The van der Waals surface area contributed by atoms with E-state index in [0.29, 0.717) is 0 Å². The number of fused-ring (bicyclic) bond motifs is 8. The van der Waals surface area contributed by atoms with E-state index in [1.54, 1.807) is 0 Å². The molecule has 0 amide bonds. The van der Waals surface area contributed by atoms with Crippen molar-refractivity contribution in [2.75, 3.05) is 0 Å². The Morgan fingerprint density at radius 3 is 0.882 bits per heavy atom. The summed E-state index contributed by atoms with van der Waals surface area (Å²) in [5.41, 5.74) is 22.3. The monoisotopic (exact) mass is 868 g/mol. The Morgan fingerprint density at radius 1 is 0.221 bits per heavy atom. The van der Waals surface area contributed by atoms with E-state index in [2.05, 4.69) is 255 Å². The van der Waals surface area contributed by atoms with Crippen molar-refractivity contribution in [1.82, 2.24) is 9.13 Å². The molecule has 0 radical (unpaired) electrons. The fourth-order valence-corrected chi connectivity index (χ4v) is 11.0. The first-order valence-corrected chi connectivity index (χ1v) is 23.7. The molecule has 0 aliphatic heterocycles. The second kappa shape index (κ2) is 15.6. The molecule has 0 unspecified atom stereocenters. The number of hydrogen-bond donors (Lipinski definition) is 0. The summed E-state index contributed by atoms with van der Waals surface area (Å²) in [4.78, 5) is 0. The molecule has 0 atom stereocenters. The van der Waals surface area contributed by atoms with Crippen LogP contribution in [0.1, 0.15) is 22.3 Å². The zero-order valence-corrected chi connectivity index (χ0v) is 38.7. The Balaban J connectivity index is 0.929. The molecular formula is C66H48N2. The zero-order chi connectivity index (χ0) is 45.6. The van der Waals surface area contributed by atoms with Crippen molar-refractivity contribution in [1.29, 1.82) is 0 Å². The van der Waals surface area contributed by atoms with Crippen LogP contribution in [0.25, 0.3) is 121 Å². The van der Waals surface area contributed by atoms with Gasteiger partial charge >= 0.3 is 0 Å². The first kappa shape index (κ1) is 39.9. The Labute approximate surface area is 396 Å². The highest BCUT2D eigenvalue weighted by molar-refractivity contribution is 6.22. The van der Waals surface area contributed by atoms with Crippen LogP contribution in [0.4, 0.5) is 0 Å². The van der Waals surface area contributed by atoms with Gasteiger partial charge in [-0.25, -0.2) is 0 Å². The SMILES string of the molecule is Cc1cc2c(-c3ccc(-c4ccc5c(c4)c4ccccc4n5-c4ccccc4)cc3)c3cc(C)c(C)cc3c(-c3ccc(-c4ccc5c(c4)c4ccccc4n5-c4ccccc4)cc3)c2cc1C. The quantitative estimate of drug-likeness (QED) is 0.147. The number of benzene rings is 11. The lowest BCUT2D eigenvalue weighted by Crippen LogP contribution is -1.95. The van der Waals surface area contributed by atoms with Gasteiger partial charge in [-0.05, 0) is 177 Å². The number of para-hydroxylation sites is 4. The van der Waals surface area contributed by atoms with Gasteiger partial charge < -0.3 is 9.13 Å². The lowest BCUT2D eigenvalue weighted by Gasteiger charge is -2.21. The molecule has 11 aromatic carbocycles. The number of hydrogen-bond acceptors (Lipinski definition) is 0. The van der Waals surface area contributed by atoms with Gasteiger partial charge in [0.2, 0.25) is 0 Å². The third kappa shape index (κ3) is 6.25. The third-order valence-electron chi connectivity index (χ3n) is 14.7. The largest absolute Gasteiger partial charge is 0.309 e. The van der Waals surface area contributed by atoms with Crippen LogP contribution in [0.15, 0.2) is 218 Å². The molecule has 13 aromatic rings. The normalized spacial score (nSPS) is 11.8. The topological polar surface area (TPSA) is 9.86 Å².